The molecule has 1 aromatic heterocycles. The molecule has 0 radical (unpaired) electrons. The van der Waals surface area contributed by atoms with E-state index in [2.05, 4.69) is 26.6 Å². The lowest BCUT2D eigenvalue weighted by Gasteiger charge is -2.07. The Balaban J connectivity index is 2.00. The molecule has 0 aliphatic heterocycles. The standard InChI is InChI=1S/C12H11BrN2OS/c1-8-6-9(2-3-11(8)13)14-12(16)15-10-4-5-17-7-10/h2-7H,1H3,(H2,14,15,16). The Morgan fingerprint density at radius 3 is 2.65 bits per heavy atom. The van der Waals surface area contributed by atoms with Crippen molar-refractivity contribution in [2.75, 3.05) is 10.6 Å². The summed E-state index contributed by atoms with van der Waals surface area (Å²) in [7, 11) is 0. The van der Waals surface area contributed by atoms with Gasteiger partial charge in [0.1, 0.15) is 0 Å². The average molecular weight is 311 g/mol. The van der Waals surface area contributed by atoms with Crippen LogP contribution in [0.15, 0.2) is 39.5 Å². The summed E-state index contributed by atoms with van der Waals surface area (Å²) >= 11 is 4.96. The van der Waals surface area contributed by atoms with E-state index in [0.29, 0.717) is 0 Å². The molecule has 0 aliphatic carbocycles. The molecular formula is C12H11BrN2OS. The summed E-state index contributed by atoms with van der Waals surface area (Å²) in [6.07, 6.45) is 0. The van der Waals surface area contributed by atoms with Crippen LogP contribution in [-0.2, 0) is 0 Å². The van der Waals surface area contributed by atoms with Crippen molar-refractivity contribution in [3.63, 3.8) is 0 Å². The molecule has 0 saturated carbocycles. The smallest absolute Gasteiger partial charge is 0.308 e. The maximum absolute atomic E-state index is 11.6. The molecule has 2 rings (SSSR count). The number of thiophene rings is 1. The van der Waals surface area contributed by atoms with Crippen LogP contribution in [0.4, 0.5) is 16.2 Å². The Morgan fingerprint density at radius 2 is 2.00 bits per heavy atom. The van der Waals surface area contributed by atoms with Crippen LogP contribution in [0.25, 0.3) is 0 Å². The highest BCUT2D eigenvalue weighted by molar-refractivity contribution is 9.10. The molecule has 2 aromatic rings. The molecule has 3 nitrogen and oxygen atoms in total. The van der Waals surface area contributed by atoms with Gasteiger partial charge in [0.2, 0.25) is 0 Å². The number of aryl methyl sites for hydroxylation is 1. The van der Waals surface area contributed by atoms with Gasteiger partial charge in [0.25, 0.3) is 0 Å². The Hall–Kier alpha value is -1.33. The van der Waals surface area contributed by atoms with Crippen LogP contribution < -0.4 is 10.6 Å². The van der Waals surface area contributed by atoms with Crippen LogP contribution in [0.3, 0.4) is 0 Å². The summed E-state index contributed by atoms with van der Waals surface area (Å²) in [5.74, 6) is 0. The molecule has 0 fully saturated rings. The number of halogens is 1. The van der Waals surface area contributed by atoms with E-state index in [4.69, 9.17) is 0 Å². The van der Waals surface area contributed by atoms with Crippen LogP contribution in [0.2, 0.25) is 0 Å². The van der Waals surface area contributed by atoms with E-state index in [0.717, 1.165) is 21.4 Å². The molecular weight excluding hydrogens is 300 g/mol. The van der Waals surface area contributed by atoms with Crippen molar-refractivity contribution >= 4 is 44.7 Å². The number of amides is 2. The number of carbonyl (C=O) groups excluding carboxylic acids is 1. The minimum absolute atomic E-state index is 0.231. The third kappa shape index (κ3) is 3.31. The fourth-order valence-corrected chi connectivity index (χ4v) is 2.19. The molecule has 2 amide bonds. The molecule has 5 heteroatoms. The quantitative estimate of drug-likeness (QED) is 0.844. The van der Waals surface area contributed by atoms with Gasteiger partial charge in [-0.05, 0) is 42.1 Å². The van der Waals surface area contributed by atoms with Crippen molar-refractivity contribution < 1.29 is 4.79 Å². The van der Waals surface area contributed by atoms with Crippen LogP contribution >= 0.6 is 27.3 Å². The fourth-order valence-electron chi connectivity index (χ4n) is 1.35. The molecule has 88 valence electrons. The molecule has 0 spiro atoms. The van der Waals surface area contributed by atoms with Gasteiger partial charge in [0.15, 0.2) is 0 Å². The second kappa shape index (κ2) is 5.33. The highest BCUT2D eigenvalue weighted by atomic mass is 79.9. The number of anilines is 2. The van der Waals surface area contributed by atoms with Gasteiger partial charge in [-0.25, -0.2) is 4.79 Å². The van der Waals surface area contributed by atoms with Crippen molar-refractivity contribution in [3.05, 3.63) is 45.1 Å². The van der Waals surface area contributed by atoms with Crippen LogP contribution in [0.5, 0.6) is 0 Å². The number of rotatable bonds is 2. The molecule has 17 heavy (non-hydrogen) atoms. The molecule has 0 saturated heterocycles. The lowest BCUT2D eigenvalue weighted by molar-refractivity contribution is 0.262. The van der Waals surface area contributed by atoms with E-state index in [1.807, 2.05) is 41.9 Å². The van der Waals surface area contributed by atoms with Gasteiger partial charge in [-0.2, -0.15) is 11.3 Å². The second-order valence-corrected chi connectivity index (χ2v) is 5.19. The first-order valence-corrected chi connectivity index (χ1v) is 6.75. The third-order valence-electron chi connectivity index (χ3n) is 2.19. The van der Waals surface area contributed by atoms with Crippen LogP contribution in [0.1, 0.15) is 5.56 Å². The highest BCUT2D eigenvalue weighted by Crippen LogP contribution is 2.20. The minimum Gasteiger partial charge on any atom is -0.308 e. The summed E-state index contributed by atoms with van der Waals surface area (Å²) in [6.45, 7) is 1.98. The van der Waals surface area contributed by atoms with E-state index in [1.54, 1.807) is 11.3 Å². The molecule has 0 bridgehead atoms. The Labute approximate surface area is 112 Å². The molecule has 1 aromatic carbocycles. The fraction of sp³-hybridized carbons (Fsp3) is 0.0833. The lowest BCUT2D eigenvalue weighted by Crippen LogP contribution is -2.18. The number of nitrogens with one attached hydrogen (secondary N) is 2. The lowest BCUT2D eigenvalue weighted by atomic mass is 10.2. The molecule has 2 N–H and O–H groups in total. The van der Waals surface area contributed by atoms with E-state index < -0.39 is 0 Å². The average Bonchev–Trinajstić information content (AvgIpc) is 2.76. The SMILES string of the molecule is Cc1cc(NC(=O)Nc2ccsc2)ccc1Br. The summed E-state index contributed by atoms with van der Waals surface area (Å²) < 4.78 is 1.03. The zero-order chi connectivity index (χ0) is 12.3. The molecule has 0 unspecified atom stereocenters. The maximum Gasteiger partial charge on any atom is 0.323 e. The zero-order valence-electron chi connectivity index (χ0n) is 9.16. The Morgan fingerprint density at radius 1 is 1.24 bits per heavy atom. The van der Waals surface area contributed by atoms with Crippen molar-refractivity contribution in [3.8, 4) is 0 Å². The Bertz CT molecular complexity index is 525. The zero-order valence-corrected chi connectivity index (χ0v) is 11.6. The van der Waals surface area contributed by atoms with E-state index in [9.17, 15) is 4.79 Å². The first-order chi connectivity index (χ1) is 8.15. The van der Waals surface area contributed by atoms with E-state index >= 15 is 0 Å². The largest absolute Gasteiger partial charge is 0.323 e. The topological polar surface area (TPSA) is 41.1 Å². The van der Waals surface area contributed by atoms with Crippen LogP contribution in [0, 0.1) is 6.92 Å². The van der Waals surface area contributed by atoms with Gasteiger partial charge >= 0.3 is 6.03 Å². The predicted molar refractivity (Wildman–Crippen MR) is 75.8 cm³/mol. The number of hydrogen-bond acceptors (Lipinski definition) is 2. The number of benzene rings is 1. The summed E-state index contributed by atoms with van der Waals surface area (Å²) in [5, 5.41) is 9.33. The molecule has 1 heterocycles. The van der Waals surface area contributed by atoms with Gasteiger partial charge in [0, 0.05) is 15.5 Å². The van der Waals surface area contributed by atoms with Crippen molar-refractivity contribution in [2.24, 2.45) is 0 Å². The van der Waals surface area contributed by atoms with Gasteiger partial charge in [0.05, 0.1) is 5.69 Å². The maximum atomic E-state index is 11.6. The normalized spacial score (nSPS) is 10.0. The van der Waals surface area contributed by atoms with E-state index in [-0.39, 0.29) is 6.03 Å². The number of urea groups is 1. The number of carbonyl (C=O) groups is 1. The van der Waals surface area contributed by atoms with Gasteiger partial charge in [-0.1, -0.05) is 15.9 Å². The summed E-state index contributed by atoms with van der Waals surface area (Å²) in [5.41, 5.74) is 2.66. The third-order valence-corrected chi connectivity index (χ3v) is 3.77. The second-order valence-electron chi connectivity index (χ2n) is 3.56. The monoisotopic (exact) mass is 310 g/mol. The summed E-state index contributed by atoms with van der Waals surface area (Å²) in [6, 6.07) is 7.30. The van der Waals surface area contributed by atoms with Crippen LogP contribution in [-0.4, -0.2) is 6.03 Å². The van der Waals surface area contributed by atoms with Crippen molar-refractivity contribution in [1.82, 2.24) is 0 Å². The van der Waals surface area contributed by atoms with E-state index in [1.165, 1.54) is 0 Å². The molecule has 0 aliphatic rings. The van der Waals surface area contributed by atoms with Crippen molar-refractivity contribution in [2.45, 2.75) is 6.92 Å². The highest BCUT2D eigenvalue weighted by Gasteiger charge is 2.03. The first kappa shape index (κ1) is 12.1. The Kier molecular flexibility index (Phi) is 3.81. The molecule has 0 atom stereocenters. The first-order valence-electron chi connectivity index (χ1n) is 5.01. The minimum atomic E-state index is -0.231. The van der Waals surface area contributed by atoms with Gasteiger partial charge in [-0.3, -0.25) is 0 Å². The number of hydrogen-bond donors (Lipinski definition) is 2. The van der Waals surface area contributed by atoms with Gasteiger partial charge in [-0.15, -0.1) is 0 Å². The van der Waals surface area contributed by atoms with Gasteiger partial charge < -0.3 is 10.6 Å². The predicted octanol–water partition coefficient (Wildman–Crippen LogP) is 4.46. The van der Waals surface area contributed by atoms with Crippen molar-refractivity contribution in [1.29, 1.82) is 0 Å². The summed E-state index contributed by atoms with van der Waals surface area (Å²) in [4.78, 5) is 11.6.